The molecule has 2 aromatic rings. The predicted molar refractivity (Wildman–Crippen MR) is 81.4 cm³/mol. The largest absolute Gasteiger partial charge is 0.497 e. The van der Waals surface area contributed by atoms with Crippen molar-refractivity contribution in [1.29, 1.82) is 0 Å². The fourth-order valence-corrected chi connectivity index (χ4v) is 2.89. The van der Waals surface area contributed by atoms with Gasteiger partial charge < -0.3 is 19.7 Å². The van der Waals surface area contributed by atoms with Crippen LogP contribution in [0.5, 0.6) is 5.75 Å². The van der Waals surface area contributed by atoms with Crippen molar-refractivity contribution in [1.82, 2.24) is 15.5 Å². The number of aliphatic hydroxyl groups excluding tert-OH is 1. The van der Waals surface area contributed by atoms with Crippen LogP contribution in [0.15, 0.2) is 28.8 Å². The molecule has 0 saturated heterocycles. The van der Waals surface area contributed by atoms with Gasteiger partial charge in [-0.1, -0.05) is 18.0 Å². The van der Waals surface area contributed by atoms with Crippen LogP contribution in [0.2, 0.25) is 0 Å². The molecule has 2 N–H and O–H groups in total. The van der Waals surface area contributed by atoms with Gasteiger partial charge >= 0.3 is 0 Å². The molecule has 22 heavy (non-hydrogen) atoms. The van der Waals surface area contributed by atoms with Crippen LogP contribution in [0, 0.1) is 0 Å². The number of nitrogens with zero attached hydrogens (tertiary/aromatic N) is 2. The van der Waals surface area contributed by atoms with E-state index >= 15 is 0 Å². The molecule has 118 valence electrons. The number of hydrogen-bond acceptors (Lipinski definition) is 6. The van der Waals surface area contributed by atoms with Gasteiger partial charge in [-0.05, 0) is 37.1 Å². The summed E-state index contributed by atoms with van der Waals surface area (Å²) < 4.78 is 10.4. The molecule has 1 heterocycles. The van der Waals surface area contributed by atoms with Gasteiger partial charge in [0.05, 0.1) is 20.3 Å². The molecule has 6 nitrogen and oxygen atoms in total. The van der Waals surface area contributed by atoms with E-state index in [1.54, 1.807) is 7.11 Å². The van der Waals surface area contributed by atoms with Crippen molar-refractivity contribution in [3.05, 3.63) is 30.2 Å². The normalized spacial score (nSPS) is 16.8. The van der Waals surface area contributed by atoms with Crippen LogP contribution in [0.3, 0.4) is 0 Å². The highest BCUT2D eigenvalue weighted by Crippen LogP contribution is 2.29. The zero-order valence-corrected chi connectivity index (χ0v) is 12.7. The van der Waals surface area contributed by atoms with E-state index in [4.69, 9.17) is 9.26 Å². The molecule has 6 heteroatoms. The highest BCUT2D eigenvalue weighted by molar-refractivity contribution is 5.55. The molecule has 0 bridgehead atoms. The molecule has 0 amide bonds. The topological polar surface area (TPSA) is 80.4 Å². The van der Waals surface area contributed by atoms with Crippen LogP contribution in [0.4, 0.5) is 0 Å². The van der Waals surface area contributed by atoms with E-state index in [2.05, 4.69) is 15.5 Å². The maximum atomic E-state index is 9.59. The molecular formula is C16H21N3O3. The van der Waals surface area contributed by atoms with Crippen LogP contribution >= 0.6 is 0 Å². The number of nitrogens with one attached hydrogen (secondary N) is 1. The number of methoxy groups -OCH3 is 1. The van der Waals surface area contributed by atoms with E-state index < -0.39 is 0 Å². The van der Waals surface area contributed by atoms with Gasteiger partial charge in [-0.3, -0.25) is 0 Å². The first-order valence-corrected chi connectivity index (χ1v) is 7.58. The Bertz CT molecular complexity index is 603. The Hall–Kier alpha value is -1.92. The Labute approximate surface area is 129 Å². The lowest BCUT2D eigenvalue weighted by atomic mass is 9.99. The summed E-state index contributed by atoms with van der Waals surface area (Å²) in [5.74, 6) is 1.88. The monoisotopic (exact) mass is 303 g/mol. The van der Waals surface area contributed by atoms with Gasteiger partial charge in [0.2, 0.25) is 11.7 Å². The van der Waals surface area contributed by atoms with Crippen molar-refractivity contribution in [3.63, 3.8) is 0 Å². The quantitative estimate of drug-likeness (QED) is 0.851. The fraction of sp³-hybridized carbons (Fsp3) is 0.500. The molecule has 1 saturated carbocycles. The number of ether oxygens (including phenoxy) is 1. The number of benzene rings is 1. The highest BCUT2D eigenvalue weighted by atomic mass is 16.5. The van der Waals surface area contributed by atoms with Crippen molar-refractivity contribution in [3.8, 4) is 17.1 Å². The van der Waals surface area contributed by atoms with Gasteiger partial charge in [0.15, 0.2) is 0 Å². The van der Waals surface area contributed by atoms with Crippen LogP contribution in [-0.2, 0) is 6.54 Å². The van der Waals surface area contributed by atoms with Crippen LogP contribution < -0.4 is 10.1 Å². The second kappa shape index (κ2) is 6.46. The lowest BCUT2D eigenvalue weighted by molar-refractivity contribution is 0.158. The third-order valence-electron chi connectivity index (χ3n) is 4.29. The zero-order valence-electron chi connectivity index (χ0n) is 12.7. The Morgan fingerprint density at radius 3 is 2.64 bits per heavy atom. The first-order valence-electron chi connectivity index (χ1n) is 7.58. The Kier molecular flexibility index (Phi) is 4.40. The summed E-state index contributed by atoms with van der Waals surface area (Å²) in [5, 5.41) is 17.0. The molecule has 0 unspecified atom stereocenters. The molecule has 1 aliphatic rings. The lowest BCUT2D eigenvalue weighted by Gasteiger charge is -2.27. The minimum atomic E-state index is -0.186. The van der Waals surface area contributed by atoms with Crippen molar-refractivity contribution >= 4 is 0 Å². The van der Waals surface area contributed by atoms with E-state index in [0.717, 1.165) is 37.0 Å². The van der Waals surface area contributed by atoms with Gasteiger partial charge in [-0.2, -0.15) is 4.98 Å². The van der Waals surface area contributed by atoms with Gasteiger partial charge in [-0.25, -0.2) is 0 Å². The molecule has 1 aliphatic carbocycles. The summed E-state index contributed by atoms with van der Waals surface area (Å²) in [4.78, 5) is 4.40. The SMILES string of the molecule is COc1ccc(-c2noc(CNC3(CO)CCCC3)n2)cc1. The average Bonchev–Trinajstić information content (AvgIpc) is 3.23. The molecular weight excluding hydrogens is 282 g/mol. The second-order valence-electron chi connectivity index (χ2n) is 5.74. The molecule has 0 aliphatic heterocycles. The summed E-state index contributed by atoms with van der Waals surface area (Å²) >= 11 is 0. The highest BCUT2D eigenvalue weighted by Gasteiger charge is 2.32. The molecule has 1 aromatic heterocycles. The minimum absolute atomic E-state index is 0.145. The predicted octanol–water partition coefficient (Wildman–Crippen LogP) is 2.14. The fourth-order valence-electron chi connectivity index (χ4n) is 2.89. The third-order valence-corrected chi connectivity index (χ3v) is 4.29. The van der Waals surface area contributed by atoms with E-state index in [1.807, 2.05) is 24.3 Å². The summed E-state index contributed by atoms with van der Waals surface area (Å²) in [5.41, 5.74) is 0.697. The van der Waals surface area contributed by atoms with E-state index in [-0.39, 0.29) is 12.1 Å². The molecule has 0 spiro atoms. The molecule has 1 aromatic carbocycles. The number of hydrogen-bond donors (Lipinski definition) is 2. The van der Waals surface area contributed by atoms with Gasteiger partial charge in [0, 0.05) is 11.1 Å². The first-order chi connectivity index (χ1) is 10.7. The van der Waals surface area contributed by atoms with E-state index in [1.165, 1.54) is 0 Å². The smallest absolute Gasteiger partial charge is 0.240 e. The summed E-state index contributed by atoms with van der Waals surface area (Å²) in [6, 6.07) is 7.52. The first kappa shape index (κ1) is 15.0. The lowest BCUT2D eigenvalue weighted by Crippen LogP contribution is -2.45. The second-order valence-corrected chi connectivity index (χ2v) is 5.74. The molecule has 3 rings (SSSR count). The third kappa shape index (κ3) is 3.13. The Morgan fingerprint density at radius 1 is 1.27 bits per heavy atom. The molecule has 0 atom stereocenters. The van der Waals surface area contributed by atoms with Crippen LogP contribution in [-0.4, -0.2) is 34.5 Å². The average molecular weight is 303 g/mol. The van der Waals surface area contributed by atoms with Crippen molar-refractivity contribution in [2.45, 2.75) is 37.8 Å². The van der Waals surface area contributed by atoms with Crippen LogP contribution in [0.1, 0.15) is 31.6 Å². The Balaban J connectivity index is 1.65. The van der Waals surface area contributed by atoms with Crippen molar-refractivity contribution in [2.75, 3.05) is 13.7 Å². The van der Waals surface area contributed by atoms with Crippen molar-refractivity contribution < 1.29 is 14.4 Å². The zero-order chi connectivity index (χ0) is 15.4. The summed E-state index contributed by atoms with van der Waals surface area (Å²) in [6.07, 6.45) is 4.27. The standard InChI is InChI=1S/C16H21N3O3/c1-21-13-6-4-12(5-7-13)15-18-14(22-19-15)10-17-16(11-20)8-2-3-9-16/h4-7,17,20H,2-3,8-11H2,1H3. The number of rotatable bonds is 6. The van der Waals surface area contributed by atoms with Crippen molar-refractivity contribution in [2.24, 2.45) is 0 Å². The molecule has 1 fully saturated rings. The van der Waals surface area contributed by atoms with Crippen LogP contribution in [0.25, 0.3) is 11.4 Å². The summed E-state index contributed by atoms with van der Waals surface area (Å²) in [6.45, 7) is 0.621. The minimum Gasteiger partial charge on any atom is -0.497 e. The van der Waals surface area contributed by atoms with Gasteiger partial charge in [-0.15, -0.1) is 0 Å². The maximum absolute atomic E-state index is 9.59. The van der Waals surface area contributed by atoms with Gasteiger partial charge in [0.25, 0.3) is 0 Å². The summed E-state index contributed by atoms with van der Waals surface area (Å²) in [7, 11) is 1.63. The molecule has 0 radical (unpaired) electrons. The Morgan fingerprint density at radius 2 is 2.00 bits per heavy atom. The van der Waals surface area contributed by atoms with Gasteiger partial charge in [0.1, 0.15) is 5.75 Å². The van der Waals surface area contributed by atoms with E-state index in [0.29, 0.717) is 18.3 Å². The maximum Gasteiger partial charge on any atom is 0.240 e. The van der Waals surface area contributed by atoms with E-state index in [9.17, 15) is 5.11 Å². The number of aromatic nitrogens is 2. The number of aliphatic hydroxyl groups is 1.